The average Bonchev–Trinajstić information content (AvgIpc) is 3.15. The second-order valence-corrected chi connectivity index (χ2v) is 5.03. The molecule has 2 aliphatic rings. The van der Waals surface area contributed by atoms with Crippen LogP contribution in [0.3, 0.4) is 0 Å². The van der Waals surface area contributed by atoms with E-state index in [0.717, 1.165) is 12.3 Å². The lowest BCUT2D eigenvalue weighted by molar-refractivity contribution is -0.194. The van der Waals surface area contributed by atoms with Gasteiger partial charge in [0.25, 0.3) is 0 Å². The molecule has 17 heavy (non-hydrogen) atoms. The molecule has 3 unspecified atom stereocenters. The van der Waals surface area contributed by atoms with E-state index in [0.29, 0.717) is 12.1 Å². The van der Waals surface area contributed by atoms with Crippen LogP contribution in [-0.4, -0.2) is 44.0 Å². The number of hydrogen-bond donors (Lipinski definition) is 0. The van der Waals surface area contributed by atoms with Crippen molar-refractivity contribution in [1.29, 1.82) is 0 Å². The van der Waals surface area contributed by atoms with Crippen LogP contribution in [0.1, 0.15) is 46.5 Å². The Kier molecular flexibility index (Phi) is 6.45. The highest BCUT2D eigenvalue weighted by atomic mass is 16.7. The van der Waals surface area contributed by atoms with Crippen molar-refractivity contribution < 1.29 is 9.47 Å². The first kappa shape index (κ1) is 14.9. The van der Waals surface area contributed by atoms with E-state index in [1.807, 2.05) is 13.8 Å². The Hall–Kier alpha value is -0.120. The lowest BCUT2D eigenvalue weighted by Crippen LogP contribution is -2.47. The molecule has 3 atom stereocenters. The molecule has 1 aliphatic carbocycles. The van der Waals surface area contributed by atoms with Gasteiger partial charge in [0.05, 0.1) is 6.10 Å². The number of hydrogen-bond acceptors (Lipinski definition) is 3. The number of ether oxygens (including phenoxy) is 2. The van der Waals surface area contributed by atoms with Crippen LogP contribution >= 0.6 is 0 Å². The van der Waals surface area contributed by atoms with Gasteiger partial charge in [-0.1, -0.05) is 13.8 Å². The van der Waals surface area contributed by atoms with Crippen LogP contribution in [-0.2, 0) is 9.47 Å². The second-order valence-electron chi connectivity index (χ2n) is 5.03. The van der Waals surface area contributed by atoms with E-state index in [4.69, 9.17) is 9.47 Å². The summed E-state index contributed by atoms with van der Waals surface area (Å²) < 4.78 is 11.0. The minimum atomic E-state index is 0.0191. The Balaban J connectivity index is 0.000000686. The standard InChI is InChI=1S/C12H23NO2.C2H6/c1-9-11(6-7-12(14-3)15-9)13(2)8-10-4-5-10;1-2/h9-12H,4-8H2,1-3H3;1-2H3. The van der Waals surface area contributed by atoms with Crippen molar-refractivity contribution in [2.45, 2.75) is 64.9 Å². The molecule has 1 saturated carbocycles. The number of methoxy groups -OCH3 is 1. The first-order valence-electron chi connectivity index (χ1n) is 7.09. The quantitative estimate of drug-likeness (QED) is 0.758. The van der Waals surface area contributed by atoms with E-state index in [1.165, 1.54) is 25.8 Å². The van der Waals surface area contributed by atoms with Gasteiger partial charge in [-0.25, -0.2) is 0 Å². The van der Waals surface area contributed by atoms with Gasteiger partial charge in [-0.3, -0.25) is 0 Å². The third kappa shape index (κ3) is 4.57. The summed E-state index contributed by atoms with van der Waals surface area (Å²) in [6.07, 6.45) is 5.39. The molecule has 0 aromatic carbocycles. The lowest BCUT2D eigenvalue weighted by atomic mass is 10.0. The zero-order chi connectivity index (χ0) is 12.8. The monoisotopic (exact) mass is 243 g/mol. The smallest absolute Gasteiger partial charge is 0.157 e. The molecule has 102 valence electrons. The van der Waals surface area contributed by atoms with E-state index in [9.17, 15) is 0 Å². The van der Waals surface area contributed by atoms with Gasteiger partial charge >= 0.3 is 0 Å². The molecule has 1 heterocycles. The van der Waals surface area contributed by atoms with Crippen molar-refractivity contribution in [3.05, 3.63) is 0 Å². The summed E-state index contributed by atoms with van der Waals surface area (Å²) in [4.78, 5) is 2.48. The zero-order valence-corrected chi connectivity index (χ0v) is 12.1. The Bertz CT molecular complexity index is 206. The van der Waals surface area contributed by atoms with Crippen LogP contribution in [0.2, 0.25) is 0 Å². The number of rotatable bonds is 4. The van der Waals surface area contributed by atoms with Gasteiger partial charge in [-0.05, 0) is 45.6 Å². The average molecular weight is 243 g/mol. The van der Waals surface area contributed by atoms with Crippen LogP contribution < -0.4 is 0 Å². The Morgan fingerprint density at radius 3 is 2.29 bits per heavy atom. The van der Waals surface area contributed by atoms with Gasteiger partial charge in [-0.2, -0.15) is 0 Å². The first-order valence-corrected chi connectivity index (χ1v) is 7.09. The molecule has 1 saturated heterocycles. The summed E-state index contributed by atoms with van der Waals surface area (Å²) in [5.74, 6) is 0.961. The molecule has 0 spiro atoms. The molecule has 0 radical (unpaired) electrons. The van der Waals surface area contributed by atoms with Crippen LogP contribution in [0.15, 0.2) is 0 Å². The minimum absolute atomic E-state index is 0.0191. The fourth-order valence-corrected chi connectivity index (χ4v) is 2.53. The molecule has 3 heteroatoms. The fourth-order valence-electron chi connectivity index (χ4n) is 2.53. The maximum absolute atomic E-state index is 5.81. The summed E-state index contributed by atoms with van der Waals surface area (Å²) in [6.45, 7) is 7.41. The van der Waals surface area contributed by atoms with Gasteiger partial charge in [-0.15, -0.1) is 0 Å². The Labute approximate surface area is 106 Å². The summed E-state index contributed by atoms with van der Waals surface area (Å²) >= 11 is 0. The van der Waals surface area contributed by atoms with Crippen molar-refractivity contribution in [2.24, 2.45) is 5.92 Å². The van der Waals surface area contributed by atoms with E-state index in [1.54, 1.807) is 7.11 Å². The first-order chi connectivity index (χ1) is 8.20. The minimum Gasteiger partial charge on any atom is -0.356 e. The van der Waals surface area contributed by atoms with Gasteiger partial charge in [0, 0.05) is 19.7 Å². The highest BCUT2D eigenvalue weighted by Crippen LogP contribution is 2.32. The maximum Gasteiger partial charge on any atom is 0.157 e. The van der Waals surface area contributed by atoms with Crippen molar-refractivity contribution in [3.63, 3.8) is 0 Å². The predicted molar refractivity (Wildman–Crippen MR) is 71.1 cm³/mol. The van der Waals surface area contributed by atoms with Crippen molar-refractivity contribution >= 4 is 0 Å². The third-order valence-corrected chi connectivity index (χ3v) is 3.68. The van der Waals surface area contributed by atoms with Gasteiger partial charge in [0.1, 0.15) is 0 Å². The van der Waals surface area contributed by atoms with E-state index in [-0.39, 0.29) is 6.29 Å². The molecule has 0 amide bonds. The fraction of sp³-hybridized carbons (Fsp3) is 1.00. The normalized spacial score (nSPS) is 33.2. The highest BCUT2D eigenvalue weighted by molar-refractivity contribution is 4.84. The Morgan fingerprint density at radius 1 is 1.18 bits per heavy atom. The lowest BCUT2D eigenvalue weighted by Gasteiger charge is -2.39. The van der Waals surface area contributed by atoms with Crippen molar-refractivity contribution in [3.8, 4) is 0 Å². The molecular formula is C14H29NO2. The molecule has 2 rings (SSSR count). The number of nitrogens with zero attached hydrogens (tertiary/aromatic N) is 1. The SMILES string of the molecule is CC.COC1CCC(N(C)CC2CC2)C(C)O1. The summed E-state index contributed by atoms with van der Waals surface area (Å²) in [7, 11) is 3.96. The molecule has 1 aliphatic heterocycles. The molecular weight excluding hydrogens is 214 g/mol. The molecule has 0 N–H and O–H groups in total. The predicted octanol–water partition coefficient (Wildman–Crippen LogP) is 2.89. The van der Waals surface area contributed by atoms with Gasteiger partial charge < -0.3 is 14.4 Å². The molecule has 0 bridgehead atoms. The van der Waals surface area contributed by atoms with Crippen LogP contribution in [0.5, 0.6) is 0 Å². The topological polar surface area (TPSA) is 21.7 Å². The zero-order valence-electron chi connectivity index (χ0n) is 12.1. The molecule has 2 fully saturated rings. The molecule has 0 aromatic rings. The highest BCUT2D eigenvalue weighted by Gasteiger charge is 2.33. The van der Waals surface area contributed by atoms with Crippen molar-refractivity contribution in [2.75, 3.05) is 20.7 Å². The maximum atomic E-state index is 5.81. The molecule has 0 aromatic heterocycles. The molecule has 3 nitrogen and oxygen atoms in total. The Morgan fingerprint density at radius 2 is 1.82 bits per heavy atom. The van der Waals surface area contributed by atoms with E-state index in [2.05, 4.69) is 18.9 Å². The van der Waals surface area contributed by atoms with Crippen LogP contribution in [0.4, 0.5) is 0 Å². The largest absolute Gasteiger partial charge is 0.356 e. The summed E-state index contributed by atoms with van der Waals surface area (Å²) in [6, 6.07) is 0.581. The second kappa shape index (κ2) is 7.34. The number of likely N-dealkylation sites (N-methyl/N-ethyl adjacent to an activating group) is 1. The van der Waals surface area contributed by atoms with Crippen molar-refractivity contribution in [1.82, 2.24) is 4.90 Å². The van der Waals surface area contributed by atoms with Gasteiger partial charge in [0.2, 0.25) is 0 Å². The van der Waals surface area contributed by atoms with Crippen LogP contribution in [0, 0.1) is 5.92 Å². The summed E-state index contributed by atoms with van der Waals surface area (Å²) in [5, 5.41) is 0. The van der Waals surface area contributed by atoms with E-state index < -0.39 is 0 Å². The third-order valence-electron chi connectivity index (χ3n) is 3.68. The van der Waals surface area contributed by atoms with Gasteiger partial charge in [0.15, 0.2) is 6.29 Å². The summed E-state index contributed by atoms with van der Waals surface area (Å²) in [5.41, 5.74) is 0. The van der Waals surface area contributed by atoms with Crippen LogP contribution in [0.25, 0.3) is 0 Å². The van der Waals surface area contributed by atoms with E-state index >= 15 is 0 Å².